The molecule has 0 aromatic heterocycles. The van der Waals surface area contributed by atoms with E-state index in [9.17, 15) is 9.59 Å². The van der Waals surface area contributed by atoms with E-state index >= 15 is 0 Å². The minimum absolute atomic E-state index is 0.115. The van der Waals surface area contributed by atoms with Crippen molar-refractivity contribution in [2.45, 2.75) is 32.1 Å². The van der Waals surface area contributed by atoms with Gasteiger partial charge in [0.1, 0.15) is 5.92 Å². The number of rotatable bonds is 6. The minimum atomic E-state index is -0.564. The highest BCUT2D eigenvalue weighted by Gasteiger charge is 2.37. The van der Waals surface area contributed by atoms with Crippen molar-refractivity contribution in [3.8, 4) is 0 Å². The maximum absolute atomic E-state index is 12.5. The Balaban J connectivity index is 1.43. The van der Waals surface area contributed by atoms with Gasteiger partial charge in [-0.3, -0.25) is 9.59 Å². The second-order valence-electron chi connectivity index (χ2n) is 6.85. The van der Waals surface area contributed by atoms with Gasteiger partial charge in [0.15, 0.2) is 0 Å². The summed E-state index contributed by atoms with van der Waals surface area (Å²) >= 11 is 5.89. The molecule has 6 heteroatoms. The van der Waals surface area contributed by atoms with Gasteiger partial charge in [0.05, 0.1) is 0 Å². The van der Waals surface area contributed by atoms with Crippen molar-refractivity contribution in [1.29, 1.82) is 0 Å². The number of hydrogen-bond acceptors (Lipinski definition) is 3. The standard InChI is InChI=1S/C19H26ClN3O2/c20-15-5-7-16(8-6-15)23-14-9-17(19(23)25)18(24)21-10-4-13-22-11-2-1-3-12-22/h5-8,17H,1-4,9-14H2,(H,21,24). The molecule has 0 bridgehead atoms. The smallest absolute Gasteiger partial charge is 0.239 e. The molecule has 0 radical (unpaired) electrons. The Morgan fingerprint density at radius 3 is 2.56 bits per heavy atom. The van der Waals surface area contributed by atoms with Crippen LogP contribution in [0.2, 0.25) is 5.02 Å². The predicted octanol–water partition coefficient (Wildman–Crippen LogP) is 2.69. The van der Waals surface area contributed by atoms with Gasteiger partial charge in [-0.15, -0.1) is 0 Å². The molecule has 1 unspecified atom stereocenters. The third-order valence-electron chi connectivity index (χ3n) is 5.06. The molecule has 3 rings (SSSR count). The van der Waals surface area contributed by atoms with Crippen LogP contribution >= 0.6 is 11.6 Å². The molecule has 0 spiro atoms. The summed E-state index contributed by atoms with van der Waals surface area (Å²) < 4.78 is 0. The highest BCUT2D eigenvalue weighted by molar-refractivity contribution is 6.30. The number of benzene rings is 1. The Kier molecular flexibility index (Phi) is 6.32. The number of carbonyl (C=O) groups excluding carboxylic acids is 2. The van der Waals surface area contributed by atoms with E-state index < -0.39 is 5.92 Å². The van der Waals surface area contributed by atoms with Crippen molar-refractivity contribution < 1.29 is 9.59 Å². The SMILES string of the molecule is O=C(NCCCN1CCCCC1)C1CCN(c2ccc(Cl)cc2)C1=O. The second kappa shape index (κ2) is 8.68. The average molecular weight is 364 g/mol. The van der Waals surface area contributed by atoms with Crippen molar-refractivity contribution in [2.75, 3.05) is 37.6 Å². The summed E-state index contributed by atoms with van der Waals surface area (Å²) in [4.78, 5) is 29.0. The van der Waals surface area contributed by atoms with Crippen molar-refractivity contribution in [3.63, 3.8) is 0 Å². The lowest BCUT2D eigenvalue weighted by Gasteiger charge is -2.26. The van der Waals surface area contributed by atoms with Crippen LogP contribution in [0.25, 0.3) is 0 Å². The zero-order valence-corrected chi connectivity index (χ0v) is 15.3. The number of likely N-dealkylation sites (tertiary alicyclic amines) is 1. The predicted molar refractivity (Wildman–Crippen MR) is 99.8 cm³/mol. The number of halogens is 1. The monoisotopic (exact) mass is 363 g/mol. The molecule has 1 atom stereocenters. The van der Waals surface area contributed by atoms with Crippen LogP contribution in [0.1, 0.15) is 32.1 Å². The van der Waals surface area contributed by atoms with Gasteiger partial charge in [0.2, 0.25) is 11.8 Å². The molecule has 0 saturated carbocycles. The third kappa shape index (κ3) is 4.73. The summed E-state index contributed by atoms with van der Waals surface area (Å²) in [5.41, 5.74) is 0.801. The van der Waals surface area contributed by atoms with E-state index in [0.29, 0.717) is 24.5 Å². The number of nitrogens with zero attached hydrogens (tertiary/aromatic N) is 2. The largest absolute Gasteiger partial charge is 0.355 e. The highest BCUT2D eigenvalue weighted by atomic mass is 35.5. The number of amides is 2. The molecule has 1 aromatic carbocycles. The van der Waals surface area contributed by atoms with Crippen LogP contribution in [0.15, 0.2) is 24.3 Å². The molecule has 2 amide bonds. The van der Waals surface area contributed by atoms with E-state index in [1.54, 1.807) is 17.0 Å². The summed E-state index contributed by atoms with van der Waals surface area (Å²) in [5.74, 6) is -0.818. The van der Waals surface area contributed by atoms with Crippen molar-refractivity contribution in [2.24, 2.45) is 5.92 Å². The first-order valence-corrected chi connectivity index (χ1v) is 9.60. The molecule has 5 nitrogen and oxygen atoms in total. The summed E-state index contributed by atoms with van der Waals surface area (Å²) in [5, 5.41) is 3.58. The van der Waals surface area contributed by atoms with Crippen LogP contribution in [-0.4, -0.2) is 49.4 Å². The molecule has 2 fully saturated rings. The van der Waals surface area contributed by atoms with Gasteiger partial charge >= 0.3 is 0 Å². The van der Waals surface area contributed by atoms with Crippen LogP contribution in [0.4, 0.5) is 5.69 Å². The molecule has 1 N–H and O–H groups in total. The quantitative estimate of drug-likeness (QED) is 0.624. The van der Waals surface area contributed by atoms with E-state index in [4.69, 9.17) is 11.6 Å². The Bertz CT molecular complexity index is 599. The van der Waals surface area contributed by atoms with Crippen molar-refractivity contribution in [1.82, 2.24) is 10.2 Å². The zero-order chi connectivity index (χ0) is 17.6. The van der Waals surface area contributed by atoms with Gasteiger partial charge < -0.3 is 15.1 Å². The van der Waals surface area contributed by atoms with Gasteiger partial charge in [-0.25, -0.2) is 0 Å². The Morgan fingerprint density at radius 2 is 1.84 bits per heavy atom. The van der Waals surface area contributed by atoms with Crippen molar-refractivity contribution >= 4 is 29.1 Å². The molecule has 0 aliphatic carbocycles. The van der Waals surface area contributed by atoms with Gasteiger partial charge in [-0.05, 0) is 69.6 Å². The number of piperidine rings is 1. The molecule has 2 aliphatic rings. The normalized spacial score (nSPS) is 21.6. The number of nitrogens with one attached hydrogen (secondary N) is 1. The highest BCUT2D eigenvalue weighted by Crippen LogP contribution is 2.26. The first-order valence-electron chi connectivity index (χ1n) is 9.22. The van der Waals surface area contributed by atoms with Crippen LogP contribution in [0.5, 0.6) is 0 Å². The summed E-state index contributed by atoms with van der Waals surface area (Å²) in [7, 11) is 0. The average Bonchev–Trinajstić information content (AvgIpc) is 3.02. The summed E-state index contributed by atoms with van der Waals surface area (Å²) in [6.07, 6.45) is 5.40. The topological polar surface area (TPSA) is 52.7 Å². The minimum Gasteiger partial charge on any atom is -0.355 e. The van der Waals surface area contributed by atoms with Gasteiger partial charge in [0.25, 0.3) is 0 Å². The maximum atomic E-state index is 12.5. The Morgan fingerprint density at radius 1 is 1.12 bits per heavy atom. The fourth-order valence-electron chi connectivity index (χ4n) is 3.62. The fraction of sp³-hybridized carbons (Fsp3) is 0.579. The molecule has 2 heterocycles. The number of hydrogen-bond donors (Lipinski definition) is 1. The lowest BCUT2D eigenvalue weighted by atomic mass is 10.1. The lowest BCUT2D eigenvalue weighted by Crippen LogP contribution is -2.38. The molecule has 2 saturated heterocycles. The van der Waals surface area contributed by atoms with Crippen LogP contribution in [-0.2, 0) is 9.59 Å². The Hall–Kier alpha value is -1.59. The number of carbonyl (C=O) groups is 2. The van der Waals surface area contributed by atoms with E-state index in [2.05, 4.69) is 10.2 Å². The third-order valence-corrected chi connectivity index (χ3v) is 5.31. The molecule has 136 valence electrons. The molecule has 25 heavy (non-hydrogen) atoms. The van der Waals surface area contributed by atoms with Crippen molar-refractivity contribution in [3.05, 3.63) is 29.3 Å². The fourth-order valence-corrected chi connectivity index (χ4v) is 3.75. The Labute approximate surface area is 154 Å². The van der Waals surface area contributed by atoms with E-state index in [1.165, 1.54) is 32.4 Å². The lowest BCUT2D eigenvalue weighted by molar-refractivity contribution is -0.132. The molecule has 2 aliphatic heterocycles. The van der Waals surface area contributed by atoms with E-state index in [1.807, 2.05) is 12.1 Å². The molecular weight excluding hydrogens is 338 g/mol. The molecule has 1 aromatic rings. The molecular formula is C19H26ClN3O2. The van der Waals surface area contributed by atoms with Crippen LogP contribution in [0.3, 0.4) is 0 Å². The summed E-state index contributed by atoms with van der Waals surface area (Å²) in [6, 6.07) is 7.16. The first-order chi connectivity index (χ1) is 12.1. The number of anilines is 1. The van der Waals surface area contributed by atoms with Gasteiger partial charge in [-0.1, -0.05) is 18.0 Å². The second-order valence-corrected chi connectivity index (χ2v) is 7.29. The van der Waals surface area contributed by atoms with Gasteiger partial charge in [-0.2, -0.15) is 0 Å². The maximum Gasteiger partial charge on any atom is 0.239 e. The van der Waals surface area contributed by atoms with Crippen LogP contribution < -0.4 is 10.2 Å². The van der Waals surface area contributed by atoms with E-state index in [0.717, 1.165) is 18.7 Å². The summed E-state index contributed by atoms with van der Waals surface area (Å²) in [6.45, 7) is 4.58. The van der Waals surface area contributed by atoms with Gasteiger partial charge in [0, 0.05) is 23.8 Å². The van der Waals surface area contributed by atoms with E-state index in [-0.39, 0.29) is 11.8 Å². The van der Waals surface area contributed by atoms with Crippen LogP contribution in [0, 0.1) is 5.92 Å². The first kappa shape index (κ1) is 18.2. The zero-order valence-electron chi connectivity index (χ0n) is 14.5.